The van der Waals surface area contributed by atoms with Gasteiger partial charge in [-0.2, -0.15) is 13.2 Å². The molecule has 8 heteroatoms. The number of aromatic nitrogens is 2. The second-order valence-corrected chi connectivity index (χ2v) is 4.73. The summed E-state index contributed by atoms with van der Waals surface area (Å²) in [6.07, 6.45) is -6.14. The van der Waals surface area contributed by atoms with Gasteiger partial charge in [0.05, 0.1) is 17.5 Å². The number of hydrogen-bond acceptors (Lipinski definition) is 2. The summed E-state index contributed by atoms with van der Waals surface area (Å²) in [6, 6.07) is 5.00. The molecule has 4 nitrogen and oxygen atoms in total. The molecule has 0 aliphatic heterocycles. The van der Waals surface area contributed by atoms with E-state index in [0.717, 1.165) is 5.52 Å². The summed E-state index contributed by atoms with van der Waals surface area (Å²) in [6.45, 7) is 0. The number of imidazole rings is 1. The molecule has 0 atom stereocenters. The monoisotopic (exact) mass is 305 g/mol. The van der Waals surface area contributed by atoms with Crippen molar-refractivity contribution in [1.29, 1.82) is 0 Å². The van der Waals surface area contributed by atoms with E-state index in [1.54, 1.807) is 29.8 Å². The highest BCUT2D eigenvalue weighted by molar-refractivity contribution is 6.31. The smallest absolute Gasteiger partial charge is 0.313 e. The van der Waals surface area contributed by atoms with Crippen LogP contribution >= 0.6 is 11.6 Å². The lowest BCUT2D eigenvalue weighted by Crippen LogP contribution is -2.18. The number of carbonyl (C=O) groups excluding carboxylic acids is 1. The maximum absolute atomic E-state index is 12.0. The van der Waals surface area contributed by atoms with Gasteiger partial charge in [-0.3, -0.25) is 10.1 Å². The van der Waals surface area contributed by atoms with E-state index in [0.29, 0.717) is 10.5 Å². The molecular weight excluding hydrogens is 295 g/mol. The van der Waals surface area contributed by atoms with Gasteiger partial charge < -0.3 is 4.57 Å². The average Bonchev–Trinajstić information content (AvgIpc) is 2.62. The van der Waals surface area contributed by atoms with Crippen molar-refractivity contribution in [3.63, 3.8) is 0 Å². The molecule has 1 aromatic carbocycles. The Balaban J connectivity index is 2.13. The van der Waals surface area contributed by atoms with E-state index in [1.807, 2.05) is 0 Å². The van der Waals surface area contributed by atoms with Crippen LogP contribution in [-0.4, -0.2) is 21.6 Å². The molecule has 1 aromatic heterocycles. The molecule has 108 valence electrons. The summed E-state index contributed by atoms with van der Waals surface area (Å²) in [7, 11) is 1.66. The Morgan fingerprint density at radius 3 is 2.80 bits per heavy atom. The van der Waals surface area contributed by atoms with Gasteiger partial charge in [-0.25, -0.2) is 4.98 Å². The van der Waals surface area contributed by atoms with Crippen LogP contribution in [0.5, 0.6) is 0 Å². The van der Waals surface area contributed by atoms with Crippen LogP contribution < -0.4 is 5.32 Å². The first-order chi connectivity index (χ1) is 9.26. The number of amides is 1. The minimum atomic E-state index is -4.35. The summed E-state index contributed by atoms with van der Waals surface area (Å²) < 4.78 is 37.7. The fourth-order valence-electron chi connectivity index (χ4n) is 1.73. The lowest BCUT2D eigenvalue weighted by molar-refractivity contribution is -0.142. The molecule has 0 aliphatic rings. The van der Waals surface area contributed by atoms with Crippen LogP contribution in [0.25, 0.3) is 11.0 Å². The third-order valence-corrected chi connectivity index (χ3v) is 2.96. The third-order valence-electron chi connectivity index (χ3n) is 2.73. The molecule has 2 aromatic rings. The van der Waals surface area contributed by atoms with Gasteiger partial charge in [-0.15, -0.1) is 0 Å². The molecule has 0 aliphatic carbocycles. The van der Waals surface area contributed by atoms with Crippen molar-refractivity contribution in [1.82, 2.24) is 9.55 Å². The summed E-state index contributed by atoms with van der Waals surface area (Å²) in [5, 5.41) is 2.85. The number of alkyl halides is 3. The van der Waals surface area contributed by atoms with E-state index in [9.17, 15) is 18.0 Å². The number of nitrogens with one attached hydrogen (secondary N) is 1. The molecule has 0 saturated carbocycles. The second kappa shape index (κ2) is 5.32. The summed E-state index contributed by atoms with van der Waals surface area (Å²) >= 11 is 5.82. The molecule has 0 unspecified atom stereocenters. The highest BCUT2D eigenvalue weighted by Crippen LogP contribution is 2.23. The molecule has 2 rings (SSSR count). The quantitative estimate of drug-likeness (QED) is 0.943. The van der Waals surface area contributed by atoms with Crippen LogP contribution in [-0.2, 0) is 11.8 Å². The molecule has 1 heterocycles. The average molecular weight is 306 g/mol. The highest BCUT2D eigenvalue weighted by Gasteiger charge is 2.28. The van der Waals surface area contributed by atoms with Crippen molar-refractivity contribution in [2.45, 2.75) is 19.0 Å². The van der Waals surface area contributed by atoms with Crippen LogP contribution in [0.2, 0.25) is 5.02 Å². The second-order valence-electron chi connectivity index (χ2n) is 4.29. The predicted octanol–water partition coefficient (Wildman–Crippen LogP) is 3.51. The van der Waals surface area contributed by atoms with Crippen molar-refractivity contribution in [2.75, 3.05) is 5.32 Å². The number of nitrogens with zero attached hydrogens (tertiary/aromatic N) is 2. The fourth-order valence-corrected chi connectivity index (χ4v) is 1.89. The van der Waals surface area contributed by atoms with Crippen molar-refractivity contribution in [3.05, 3.63) is 23.2 Å². The molecule has 0 fully saturated rings. The number of hydrogen-bond donors (Lipinski definition) is 1. The lowest BCUT2D eigenvalue weighted by atomic mass is 10.3. The molecule has 1 N–H and O–H groups in total. The van der Waals surface area contributed by atoms with Gasteiger partial charge in [0, 0.05) is 18.5 Å². The van der Waals surface area contributed by atoms with E-state index in [2.05, 4.69) is 10.3 Å². The number of benzene rings is 1. The van der Waals surface area contributed by atoms with E-state index >= 15 is 0 Å². The van der Waals surface area contributed by atoms with E-state index in [-0.39, 0.29) is 5.95 Å². The fraction of sp³-hybridized carbons (Fsp3) is 0.333. The minimum Gasteiger partial charge on any atom is -0.313 e. The SMILES string of the molecule is Cn1c(NC(=O)CCC(F)(F)F)nc2cc(Cl)ccc21. The Hall–Kier alpha value is -1.76. The molecule has 0 spiro atoms. The summed E-state index contributed by atoms with van der Waals surface area (Å²) in [5.74, 6) is -0.540. The number of aryl methyl sites for hydroxylation is 1. The van der Waals surface area contributed by atoms with Gasteiger partial charge in [0.25, 0.3) is 0 Å². The summed E-state index contributed by atoms with van der Waals surface area (Å²) in [5.41, 5.74) is 1.28. The normalized spacial score (nSPS) is 11.8. The van der Waals surface area contributed by atoms with E-state index in [1.165, 1.54) is 0 Å². The first-order valence-electron chi connectivity index (χ1n) is 5.75. The zero-order valence-electron chi connectivity index (χ0n) is 10.5. The first-order valence-corrected chi connectivity index (χ1v) is 6.12. The summed E-state index contributed by atoms with van der Waals surface area (Å²) in [4.78, 5) is 15.6. The van der Waals surface area contributed by atoms with Crippen LogP contribution in [0.15, 0.2) is 18.2 Å². The third kappa shape index (κ3) is 3.41. The van der Waals surface area contributed by atoms with Crippen LogP contribution in [0, 0.1) is 0 Å². The Morgan fingerprint density at radius 1 is 1.45 bits per heavy atom. The lowest BCUT2D eigenvalue weighted by Gasteiger charge is -2.07. The standard InChI is InChI=1S/C12H11ClF3N3O/c1-19-9-3-2-7(13)6-8(9)17-11(19)18-10(20)4-5-12(14,15)16/h2-3,6H,4-5H2,1H3,(H,17,18,20). The highest BCUT2D eigenvalue weighted by atomic mass is 35.5. The van der Waals surface area contributed by atoms with E-state index in [4.69, 9.17) is 11.6 Å². The Morgan fingerprint density at radius 2 is 2.15 bits per heavy atom. The van der Waals surface area contributed by atoms with Crippen molar-refractivity contribution in [3.8, 4) is 0 Å². The van der Waals surface area contributed by atoms with Crippen LogP contribution in [0.3, 0.4) is 0 Å². The van der Waals surface area contributed by atoms with Gasteiger partial charge in [-0.1, -0.05) is 11.6 Å². The molecule has 0 bridgehead atoms. The predicted molar refractivity (Wildman–Crippen MR) is 69.6 cm³/mol. The number of anilines is 1. The van der Waals surface area contributed by atoms with Gasteiger partial charge >= 0.3 is 6.18 Å². The molecule has 1 amide bonds. The van der Waals surface area contributed by atoms with Crippen molar-refractivity contribution in [2.24, 2.45) is 7.05 Å². The number of fused-ring (bicyclic) bond motifs is 1. The Kier molecular flexibility index (Phi) is 3.89. The van der Waals surface area contributed by atoms with Gasteiger partial charge in [0.15, 0.2) is 0 Å². The Bertz CT molecular complexity index is 651. The maximum atomic E-state index is 12.0. The van der Waals surface area contributed by atoms with Crippen molar-refractivity contribution >= 4 is 34.5 Å². The van der Waals surface area contributed by atoms with Crippen LogP contribution in [0.1, 0.15) is 12.8 Å². The molecule has 0 saturated heterocycles. The first kappa shape index (κ1) is 14.6. The number of rotatable bonds is 3. The van der Waals surface area contributed by atoms with Gasteiger partial charge in [0.1, 0.15) is 0 Å². The molecular formula is C12H11ClF3N3O. The topological polar surface area (TPSA) is 46.9 Å². The molecule has 20 heavy (non-hydrogen) atoms. The van der Waals surface area contributed by atoms with E-state index < -0.39 is 24.9 Å². The Labute approximate surface area is 117 Å². The minimum absolute atomic E-state index is 0.189. The number of carbonyl (C=O) groups is 1. The van der Waals surface area contributed by atoms with Crippen LogP contribution in [0.4, 0.5) is 19.1 Å². The zero-order chi connectivity index (χ0) is 14.9. The number of halogens is 4. The van der Waals surface area contributed by atoms with Crippen molar-refractivity contribution < 1.29 is 18.0 Å². The largest absolute Gasteiger partial charge is 0.389 e. The zero-order valence-corrected chi connectivity index (χ0v) is 11.2. The van der Waals surface area contributed by atoms with Gasteiger partial charge in [0.2, 0.25) is 11.9 Å². The molecule has 0 radical (unpaired) electrons. The maximum Gasteiger partial charge on any atom is 0.389 e. The van der Waals surface area contributed by atoms with Gasteiger partial charge in [-0.05, 0) is 18.2 Å².